The van der Waals surface area contributed by atoms with Crippen LogP contribution in [0, 0.1) is 17.8 Å². The first kappa shape index (κ1) is 16.9. The number of nitrogens with two attached hydrogens (primary N) is 1. The van der Waals surface area contributed by atoms with Gasteiger partial charge in [-0.15, -0.1) is 22.6 Å². The number of halogens is 1. The lowest BCUT2D eigenvalue weighted by Gasteiger charge is -2.27. The number of hydrogen-bond donors (Lipinski definition) is 3. The van der Waals surface area contributed by atoms with Crippen LogP contribution in [-0.2, 0) is 11.3 Å². The van der Waals surface area contributed by atoms with Gasteiger partial charge in [-0.2, -0.15) is 5.21 Å². The van der Waals surface area contributed by atoms with Gasteiger partial charge in [0.1, 0.15) is 0 Å². The summed E-state index contributed by atoms with van der Waals surface area (Å²) < 4.78 is 0. The minimum absolute atomic E-state index is 0. The molecule has 128 valence electrons. The van der Waals surface area contributed by atoms with Crippen LogP contribution in [0.4, 0.5) is 0 Å². The molecule has 1 amide bonds. The van der Waals surface area contributed by atoms with Gasteiger partial charge in [0.15, 0.2) is 0 Å². The quantitative estimate of drug-likeness (QED) is 0.771. The highest BCUT2D eigenvalue weighted by molar-refractivity contribution is 5.85. The van der Waals surface area contributed by atoms with Gasteiger partial charge in [0.05, 0.1) is 5.92 Å². The molecule has 1 aromatic carbocycles. The molecule has 2 bridgehead atoms. The van der Waals surface area contributed by atoms with E-state index in [2.05, 4.69) is 25.9 Å². The normalized spacial score (nSPS) is 27.7. The van der Waals surface area contributed by atoms with E-state index in [1.54, 1.807) is 0 Å². The predicted molar refractivity (Wildman–Crippen MR) is 91.0 cm³/mol. The fourth-order valence-electron chi connectivity index (χ4n) is 4.09. The van der Waals surface area contributed by atoms with E-state index in [4.69, 9.17) is 5.73 Å². The molecule has 2 aliphatic rings. The summed E-state index contributed by atoms with van der Waals surface area (Å²) in [4.78, 5) is 12.4. The molecule has 1 aromatic heterocycles. The highest BCUT2D eigenvalue weighted by Gasteiger charge is 2.48. The van der Waals surface area contributed by atoms with Crippen molar-refractivity contribution in [1.29, 1.82) is 0 Å². The van der Waals surface area contributed by atoms with E-state index >= 15 is 0 Å². The Labute approximate surface area is 146 Å². The van der Waals surface area contributed by atoms with Crippen molar-refractivity contribution in [1.82, 2.24) is 25.9 Å². The highest BCUT2D eigenvalue weighted by atomic mass is 35.5. The topological polar surface area (TPSA) is 110 Å². The minimum Gasteiger partial charge on any atom is -0.352 e. The molecule has 0 radical (unpaired) electrons. The zero-order valence-electron chi connectivity index (χ0n) is 13.2. The van der Waals surface area contributed by atoms with Gasteiger partial charge < -0.3 is 11.1 Å². The van der Waals surface area contributed by atoms with Gasteiger partial charge in [0.2, 0.25) is 11.7 Å². The number of H-pyrrole nitrogens is 1. The summed E-state index contributed by atoms with van der Waals surface area (Å²) in [6, 6.07) is 7.82. The molecule has 4 rings (SSSR count). The number of fused-ring (bicyclic) bond motifs is 2. The first-order chi connectivity index (χ1) is 11.2. The van der Waals surface area contributed by atoms with Crippen LogP contribution in [0.5, 0.6) is 0 Å². The summed E-state index contributed by atoms with van der Waals surface area (Å²) in [6.45, 7) is 0.520. The average molecular weight is 349 g/mol. The number of carbonyl (C=O) groups is 1. The highest BCUT2D eigenvalue weighted by Crippen LogP contribution is 2.47. The fraction of sp³-hybridized carbons (Fsp3) is 0.500. The lowest BCUT2D eigenvalue weighted by Crippen LogP contribution is -2.45. The number of nitrogens with zero attached hydrogens (tertiary/aromatic N) is 3. The summed E-state index contributed by atoms with van der Waals surface area (Å²) in [6.07, 6.45) is 3.46. The third-order valence-corrected chi connectivity index (χ3v) is 5.31. The summed E-state index contributed by atoms with van der Waals surface area (Å²) in [5, 5.41) is 16.9. The summed E-state index contributed by atoms with van der Waals surface area (Å²) in [5.41, 5.74) is 8.16. The van der Waals surface area contributed by atoms with E-state index < -0.39 is 0 Å². The van der Waals surface area contributed by atoms with E-state index in [0.29, 0.717) is 24.2 Å². The number of aromatic nitrogens is 4. The number of nitrogens with one attached hydrogen (secondary N) is 2. The SMILES string of the molecule is Cl.NC1C2CCC(C2)C1C(=O)NCc1ccc(-c2nn[nH]n2)cc1. The molecule has 2 fully saturated rings. The number of amides is 1. The van der Waals surface area contributed by atoms with Gasteiger partial charge in [-0.1, -0.05) is 24.3 Å². The Balaban J connectivity index is 0.00000169. The van der Waals surface area contributed by atoms with Crippen LogP contribution >= 0.6 is 12.4 Å². The monoisotopic (exact) mass is 348 g/mol. The summed E-state index contributed by atoms with van der Waals surface area (Å²) in [5.74, 6) is 1.69. The first-order valence-corrected chi connectivity index (χ1v) is 8.08. The maximum Gasteiger partial charge on any atom is 0.225 e. The maximum absolute atomic E-state index is 12.4. The van der Waals surface area contributed by atoms with Crippen LogP contribution in [0.25, 0.3) is 11.4 Å². The van der Waals surface area contributed by atoms with Crippen LogP contribution in [0.15, 0.2) is 24.3 Å². The lowest BCUT2D eigenvalue weighted by atomic mass is 9.84. The van der Waals surface area contributed by atoms with Crippen LogP contribution in [-0.4, -0.2) is 32.6 Å². The van der Waals surface area contributed by atoms with Crippen molar-refractivity contribution >= 4 is 18.3 Å². The van der Waals surface area contributed by atoms with E-state index in [-0.39, 0.29) is 30.3 Å². The van der Waals surface area contributed by atoms with Crippen LogP contribution in [0.2, 0.25) is 0 Å². The van der Waals surface area contributed by atoms with Crippen molar-refractivity contribution in [2.75, 3.05) is 0 Å². The minimum atomic E-state index is -0.00708. The molecular weight excluding hydrogens is 328 g/mol. The summed E-state index contributed by atoms with van der Waals surface area (Å²) >= 11 is 0. The van der Waals surface area contributed by atoms with Crippen molar-refractivity contribution < 1.29 is 4.79 Å². The van der Waals surface area contributed by atoms with Crippen molar-refractivity contribution in [3.63, 3.8) is 0 Å². The lowest BCUT2D eigenvalue weighted by molar-refractivity contribution is -0.127. The maximum atomic E-state index is 12.4. The molecule has 1 heterocycles. The molecule has 0 saturated heterocycles. The molecule has 24 heavy (non-hydrogen) atoms. The Bertz CT molecular complexity index is 687. The van der Waals surface area contributed by atoms with Crippen molar-refractivity contribution in [3.05, 3.63) is 29.8 Å². The Hall–Kier alpha value is -1.99. The summed E-state index contributed by atoms with van der Waals surface area (Å²) in [7, 11) is 0. The van der Waals surface area contributed by atoms with Crippen LogP contribution in [0.1, 0.15) is 24.8 Å². The second-order valence-electron chi connectivity index (χ2n) is 6.59. The molecule has 4 N–H and O–H groups in total. The molecular formula is C16H21ClN6O. The third-order valence-electron chi connectivity index (χ3n) is 5.31. The Kier molecular flexibility index (Phi) is 4.82. The van der Waals surface area contributed by atoms with Gasteiger partial charge in [0.25, 0.3) is 0 Å². The van der Waals surface area contributed by atoms with Crippen molar-refractivity contribution in [2.45, 2.75) is 31.8 Å². The zero-order chi connectivity index (χ0) is 15.8. The van der Waals surface area contributed by atoms with Gasteiger partial charge in [0, 0.05) is 18.2 Å². The Morgan fingerprint density at radius 1 is 1.25 bits per heavy atom. The molecule has 4 atom stereocenters. The number of aromatic amines is 1. The third kappa shape index (κ3) is 3.01. The molecule has 2 saturated carbocycles. The number of benzene rings is 1. The second kappa shape index (κ2) is 6.86. The average Bonchev–Trinajstić information content (AvgIpc) is 3.30. The smallest absolute Gasteiger partial charge is 0.225 e. The number of rotatable bonds is 4. The van der Waals surface area contributed by atoms with E-state index in [9.17, 15) is 4.79 Å². The second-order valence-corrected chi connectivity index (χ2v) is 6.59. The zero-order valence-corrected chi connectivity index (χ0v) is 14.0. The van der Waals surface area contributed by atoms with Gasteiger partial charge in [-0.05, 0) is 41.9 Å². The molecule has 4 unspecified atom stereocenters. The Morgan fingerprint density at radius 2 is 2.00 bits per heavy atom. The predicted octanol–water partition coefficient (Wildman–Crippen LogP) is 1.28. The van der Waals surface area contributed by atoms with Gasteiger partial charge in [-0.3, -0.25) is 4.79 Å². The van der Waals surface area contributed by atoms with Crippen LogP contribution < -0.4 is 11.1 Å². The molecule has 2 aliphatic carbocycles. The van der Waals surface area contributed by atoms with E-state index in [1.165, 1.54) is 6.42 Å². The largest absolute Gasteiger partial charge is 0.352 e. The number of hydrogen-bond acceptors (Lipinski definition) is 5. The first-order valence-electron chi connectivity index (χ1n) is 8.08. The van der Waals surface area contributed by atoms with Gasteiger partial charge in [-0.25, -0.2) is 0 Å². The number of tetrazole rings is 1. The van der Waals surface area contributed by atoms with Crippen LogP contribution in [0.3, 0.4) is 0 Å². The van der Waals surface area contributed by atoms with Crippen molar-refractivity contribution in [3.8, 4) is 11.4 Å². The molecule has 0 spiro atoms. The standard InChI is InChI=1S/C16H20N6O.ClH/c17-14-12-6-5-11(7-12)13(14)16(23)18-8-9-1-3-10(4-2-9)15-19-21-22-20-15;/h1-4,11-14H,5-8,17H2,(H,18,23)(H,19,20,21,22);1H. The molecule has 0 aliphatic heterocycles. The van der Waals surface area contributed by atoms with E-state index in [0.717, 1.165) is 24.0 Å². The van der Waals surface area contributed by atoms with Gasteiger partial charge >= 0.3 is 0 Å². The molecule has 2 aromatic rings. The number of carbonyl (C=O) groups excluding carboxylic acids is 1. The molecule has 8 heteroatoms. The fourth-order valence-corrected chi connectivity index (χ4v) is 4.09. The van der Waals surface area contributed by atoms with Crippen molar-refractivity contribution in [2.24, 2.45) is 23.5 Å². The Morgan fingerprint density at radius 3 is 2.62 bits per heavy atom. The molecule has 7 nitrogen and oxygen atoms in total. The van der Waals surface area contributed by atoms with E-state index in [1.807, 2.05) is 24.3 Å².